The van der Waals surface area contributed by atoms with E-state index in [1.54, 1.807) is 0 Å². The van der Waals surface area contributed by atoms with E-state index in [1.165, 1.54) is 0 Å². The molecule has 4 rings (SSSR count). The fourth-order valence-electron chi connectivity index (χ4n) is 3.05. The van der Waals surface area contributed by atoms with Crippen molar-refractivity contribution in [3.63, 3.8) is 0 Å². The molecule has 0 aromatic heterocycles. The largest absolute Gasteiger partial charge is 0.475 e. The summed E-state index contributed by atoms with van der Waals surface area (Å²) in [5, 5.41) is 0. The van der Waals surface area contributed by atoms with Gasteiger partial charge in [-0.25, -0.2) is 15.0 Å². The topological polar surface area (TPSA) is 46.3 Å². The molecule has 2 aromatic rings. The summed E-state index contributed by atoms with van der Waals surface area (Å²) in [7, 11) is 0. The zero-order valence-corrected chi connectivity index (χ0v) is 16.2. The van der Waals surface area contributed by atoms with E-state index in [0.29, 0.717) is 18.3 Å². The average Bonchev–Trinajstić information content (AvgIpc) is 3.09. The van der Waals surface area contributed by atoms with Crippen molar-refractivity contribution in [3.05, 3.63) is 90.0 Å². The highest BCUT2D eigenvalue weighted by Gasteiger charge is 2.28. The smallest absolute Gasteiger partial charge is 0.219 e. The molecule has 0 fully saturated rings. The van der Waals surface area contributed by atoms with Crippen LogP contribution in [0.4, 0.5) is 5.69 Å². The van der Waals surface area contributed by atoms with Gasteiger partial charge in [0.2, 0.25) is 5.90 Å². The summed E-state index contributed by atoms with van der Waals surface area (Å²) in [5.74, 6) is 1.32. The van der Waals surface area contributed by atoms with E-state index in [4.69, 9.17) is 19.7 Å². The molecule has 0 saturated carbocycles. The summed E-state index contributed by atoms with van der Waals surface area (Å²) in [6.45, 7) is 4.71. The molecule has 1 aliphatic heterocycles. The van der Waals surface area contributed by atoms with E-state index < -0.39 is 0 Å². The van der Waals surface area contributed by atoms with Gasteiger partial charge in [-0.1, -0.05) is 60.7 Å². The molecule has 140 valence electrons. The lowest BCUT2D eigenvalue weighted by atomic mass is 10.1. The van der Waals surface area contributed by atoms with Gasteiger partial charge in [0.15, 0.2) is 5.84 Å². The van der Waals surface area contributed by atoms with Gasteiger partial charge in [0.1, 0.15) is 6.61 Å². The minimum absolute atomic E-state index is 0.214. The monoisotopic (exact) mass is 369 g/mol. The molecule has 0 saturated heterocycles. The SMILES string of the molecule is CC1(C)COC(c2ccccc2N=C(N=C2C=CC=CC2)c2ccccc2)=N1. The van der Waals surface area contributed by atoms with Crippen LogP contribution in [0.3, 0.4) is 0 Å². The number of rotatable bonds is 3. The highest BCUT2D eigenvalue weighted by Crippen LogP contribution is 2.27. The maximum atomic E-state index is 5.86. The van der Waals surface area contributed by atoms with E-state index in [-0.39, 0.29) is 5.54 Å². The van der Waals surface area contributed by atoms with Gasteiger partial charge < -0.3 is 4.74 Å². The van der Waals surface area contributed by atoms with Crippen LogP contribution >= 0.6 is 0 Å². The molecule has 28 heavy (non-hydrogen) atoms. The number of nitrogens with zero attached hydrogens (tertiary/aromatic N) is 3. The Balaban J connectivity index is 1.80. The summed E-state index contributed by atoms with van der Waals surface area (Å²) in [6.07, 6.45) is 8.96. The maximum absolute atomic E-state index is 5.86. The molecule has 0 radical (unpaired) electrons. The first-order valence-electron chi connectivity index (χ1n) is 9.48. The van der Waals surface area contributed by atoms with E-state index in [1.807, 2.05) is 72.8 Å². The number of benzene rings is 2. The zero-order valence-electron chi connectivity index (χ0n) is 16.2. The van der Waals surface area contributed by atoms with Crippen molar-refractivity contribution in [1.82, 2.24) is 0 Å². The Labute approximate surface area is 165 Å². The number of allylic oxidation sites excluding steroid dienone is 4. The minimum Gasteiger partial charge on any atom is -0.475 e. The highest BCUT2D eigenvalue weighted by atomic mass is 16.5. The number of amidine groups is 1. The first kappa shape index (κ1) is 18.1. The van der Waals surface area contributed by atoms with E-state index in [2.05, 4.69) is 19.9 Å². The van der Waals surface area contributed by atoms with Gasteiger partial charge in [-0.05, 0) is 32.1 Å². The molecular weight excluding hydrogens is 346 g/mol. The fraction of sp³-hybridized carbons (Fsp3) is 0.208. The van der Waals surface area contributed by atoms with Gasteiger partial charge in [0, 0.05) is 17.7 Å². The van der Waals surface area contributed by atoms with Crippen molar-refractivity contribution in [2.75, 3.05) is 6.61 Å². The second-order valence-electron chi connectivity index (χ2n) is 7.43. The predicted molar refractivity (Wildman–Crippen MR) is 116 cm³/mol. The normalized spacial score (nSPS) is 19.6. The summed E-state index contributed by atoms with van der Waals surface area (Å²) in [4.78, 5) is 14.5. The standard InChI is InChI=1S/C24H23N3O/c1-24(2)17-28-23(27-24)20-15-9-10-16-21(20)26-22(18-11-5-3-6-12-18)25-19-13-7-4-8-14-19/h3-13,15-16H,14,17H2,1-2H3. The third-order valence-corrected chi connectivity index (χ3v) is 4.47. The second kappa shape index (κ2) is 7.77. The lowest BCUT2D eigenvalue weighted by Crippen LogP contribution is -2.17. The molecule has 0 N–H and O–H groups in total. The third kappa shape index (κ3) is 4.17. The second-order valence-corrected chi connectivity index (χ2v) is 7.43. The van der Waals surface area contributed by atoms with Gasteiger partial charge >= 0.3 is 0 Å². The van der Waals surface area contributed by atoms with Crippen LogP contribution in [-0.2, 0) is 4.74 Å². The van der Waals surface area contributed by atoms with Gasteiger partial charge in [-0.15, -0.1) is 0 Å². The lowest BCUT2D eigenvalue weighted by Gasteiger charge is -2.09. The molecule has 4 heteroatoms. The van der Waals surface area contributed by atoms with Crippen LogP contribution < -0.4 is 0 Å². The Bertz CT molecular complexity index is 1010. The molecule has 0 spiro atoms. The van der Waals surface area contributed by atoms with Gasteiger partial charge in [0.25, 0.3) is 0 Å². The number of para-hydroxylation sites is 1. The molecule has 2 aromatic carbocycles. The summed E-state index contributed by atoms with van der Waals surface area (Å²) in [5.41, 5.74) is 3.44. The third-order valence-electron chi connectivity index (χ3n) is 4.47. The number of ether oxygens (including phenoxy) is 1. The van der Waals surface area contributed by atoms with E-state index >= 15 is 0 Å². The number of hydrogen-bond donors (Lipinski definition) is 0. The van der Waals surface area contributed by atoms with Gasteiger partial charge in [-0.3, -0.25) is 0 Å². The first-order chi connectivity index (χ1) is 13.6. The average molecular weight is 369 g/mol. The Morgan fingerprint density at radius 2 is 1.79 bits per heavy atom. The van der Waals surface area contributed by atoms with Crippen molar-refractivity contribution >= 4 is 23.1 Å². The van der Waals surface area contributed by atoms with Gasteiger partial charge in [-0.2, -0.15) is 0 Å². The Hall–Kier alpha value is -3.27. The van der Waals surface area contributed by atoms with Crippen LogP contribution in [-0.4, -0.2) is 29.6 Å². The van der Waals surface area contributed by atoms with Crippen LogP contribution in [0.1, 0.15) is 31.4 Å². The van der Waals surface area contributed by atoms with Crippen molar-refractivity contribution in [2.24, 2.45) is 15.0 Å². The number of aliphatic imine (C=N–C) groups is 3. The molecule has 0 atom stereocenters. The summed E-state index contributed by atoms with van der Waals surface area (Å²) in [6, 6.07) is 18.0. The highest BCUT2D eigenvalue weighted by molar-refractivity contribution is 6.12. The summed E-state index contributed by atoms with van der Waals surface area (Å²) >= 11 is 0. The van der Waals surface area contributed by atoms with Crippen LogP contribution in [0.2, 0.25) is 0 Å². The zero-order chi connectivity index (χ0) is 19.4. The van der Waals surface area contributed by atoms with Crippen molar-refractivity contribution in [2.45, 2.75) is 25.8 Å². The Morgan fingerprint density at radius 1 is 1.00 bits per heavy atom. The van der Waals surface area contributed by atoms with Crippen molar-refractivity contribution < 1.29 is 4.74 Å². The summed E-state index contributed by atoms with van der Waals surface area (Å²) < 4.78 is 5.86. The van der Waals surface area contributed by atoms with Crippen LogP contribution in [0, 0.1) is 0 Å². The molecule has 4 nitrogen and oxygen atoms in total. The molecule has 1 aliphatic carbocycles. The van der Waals surface area contributed by atoms with Crippen LogP contribution in [0.25, 0.3) is 0 Å². The molecule has 0 bridgehead atoms. The quantitative estimate of drug-likeness (QED) is 0.536. The van der Waals surface area contributed by atoms with Crippen molar-refractivity contribution in [3.8, 4) is 0 Å². The molecular formula is C24H23N3O. The maximum Gasteiger partial charge on any atom is 0.219 e. The van der Waals surface area contributed by atoms with Gasteiger partial charge in [0.05, 0.1) is 16.8 Å². The molecule has 2 aliphatic rings. The predicted octanol–water partition coefficient (Wildman–Crippen LogP) is 5.28. The molecule has 0 amide bonds. The lowest BCUT2D eigenvalue weighted by molar-refractivity contribution is 0.279. The molecule has 1 heterocycles. The Kier molecular flexibility index (Phi) is 5.02. The number of hydrogen-bond acceptors (Lipinski definition) is 3. The van der Waals surface area contributed by atoms with Crippen molar-refractivity contribution in [1.29, 1.82) is 0 Å². The Morgan fingerprint density at radius 3 is 2.50 bits per heavy atom. The first-order valence-corrected chi connectivity index (χ1v) is 9.48. The molecule has 0 unspecified atom stereocenters. The fourth-order valence-corrected chi connectivity index (χ4v) is 3.05. The van der Waals surface area contributed by atoms with E-state index in [9.17, 15) is 0 Å². The van der Waals surface area contributed by atoms with Crippen LogP contribution in [0.15, 0.2) is 93.9 Å². The van der Waals surface area contributed by atoms with E-state index in [0.717, 1.165) is 28.9 Å². The van der Waals surface area contributed by atoms with Crippen LogP contribution in [0.5, 0.6) is 0 Å². The minimum atomic E-state index is -0.214.